The summed E-state index contributed by atoms with van der Waals surface area (Å²) in [7, 11) is 1.56. The number of amides is 2. The Bertz CT molecular complexity index is 969. The molecule has 2 amide bonds. The SMILES string of the molecule is CCOC(=O)C1=C(c2ccccc2)NC(=O)NC1c1ccc(OCC(C)C)c(OC)c1. The Morgan fingerprint density at radius 2 is 1.84 bits per heavy atom. The number of hydrogen-bond acceptors (Lipinski definition) is 5. The molecule has 1 aliphatic rings. The Labute approximate surface area is 182 Å². The maximum atomic E-state index is 12.9. The highest BCUT2D eigenvalue weighted by molar-refractivity contribution is 6.04. The second-order valence-corrected chi connectivity index (χ2v) is 7.52. The minimum Gasteiger partial charge on any atom is -0.493 e. The number of ether oxygens (including phenoxy) is 3. The Kier molecular flexibility index (Phi) is 7.18. The molecule has 31 heavy (non-hydrogen) atoms. The number of carbonyl (C=O) groups is 2. The molecule has 7 heteroatoms. The summed E-state index contributed by atoms with van der Waals surface area (Å²) in [6, 6.07) is 13.5. The van der Waals surface area contributed by atoms with Crippen molar-refractivity contribution in [1.82, 2.24) is 10.6 Å². The second-order valence-electron chi connectivity index (χ2n) is 7.52. The van der Waals surface area contributed by atoms with Crippen LogP contribution in [0.4, 0.5) is 4.79 Å². The first-order valence-corrected chi connectivity index (χ1v) is 10.3. The minimum absolute atomic E-state index is 0.219. The van der Waals surface area contributed by atoms with Crippen molar-refractivity contribution in [2.45, 2.75) is 26.8 Å². The van der Waals surface area contributed by atoms with E-state index in [0.29, 0.717) is 46.4 Å². The standard InChI is InChI=1S/C24H28N2O5/c1-5-30-23(27)20-21(16-9-7-6-8-10-16)25-24(28)26-22(20)17-11-12-18(19(13-17)29-4)31-14-15(2)3/h6-13,15,22H,5,14H2,1-4H3,(H2,25,26,28). The van der Waals surface area contributed by atoms with Crippen LogP contribution in [0.1, 0.15) is 37.9 Å². The number of hydrogen-bond donors (Lipinski definition) is 2. The molecule has 0 aliphatic carbocycles. The number of esters is 1. The Balaban J connectivity index is 2.09. The summed E-state index contributed by atoms with van der Waals surface area (Å²) in [6.45, 7) is 6.64. The summed E-state index contributed by atoms with van der Waals surface area (Å²) >= 11 is 0. The van der Waals surface area contributed by atoms with Crippen molar-refractivity contribution in [2.75, 3.05) is 20.3 Å². The van der Waals surface area contributed by atoms with Gasteiger partial charge in [0.25, 0.3) is 0 Å². The summed E-state index contributed by atoms with van der Waals surface area (Å²) < 4.78 is 16.7. The van der Waals surface area contributed by atoms with Gasteiger partial charge in [-0.2, -0.15) is 0 Å². The van der Waals surface area contributed by atoms with Gasteiger partial charge in [-0.1, -0.05) is 50.2 Å². The van der Waals surface area contributed by atoms with Crippen molar-refractivity contribution >= 4 is 17.7 Å². The van der Waals surface area contributed by atoms with Crippen LogP contribution in [-0.4, -0.2) is 32.3 Å². The van der Waals surface area contributed by atoms with E-state index in [-0.39, 0.29) is 6.61 Å². The maximum absolute atomic E-state index is 12.9. The maximum Gasteiger partial charge on any atom is 0.338 e. The predicted molar refractivity (Wildman–Crippen MR) is 118 cm³/mol. The fraction of sp³-hybridized carbons (Fsp3) is 0.333. The minimum atomic E-state index is -0.712. The van der Waals surface area contributed by atoms with E-state index < -0.39 is 18.0 Å². The molecule has 1 unspecified atom stereocenters. The van der Waals surface area contributed by atoms with Gasteiger partial charge in [0, 0.05) is 0 Å². The predicted octanol–water partition coefficient (Wildman–Crippen LogP) is 4.06. The zero-order valence-corrected chi connectivity index (χ0v) is 18.2. The quantitative estimate of drug-likeness (QED) is 0.624. The third-order valence-electron chi connectivity index (χ3n) is 4.72. The van der Waals surface area contributed by atoms with Crippen LogP contribution < -0.4 is 20.1 Å². The molecular formula is C24H28N2O5. The molecule has 1 aliphatic heterocycles. The molecule has 1 atom stereocenters. The first-order chi connectivity index (χ1) is 14.9. The van der Waals surface area contributed by atoms with Crippen LogP contribution in [-0.2, 0) is 9.53 Å². The molecule has 0 fully saturated rings. The number of carbonyl (C=O) groups excluding carboxylic acids is 2. The molecule has 0 saturated carbocycles. The van der Waals surface area contributed by atoms with E-state index in [1.54, 1.807) is 26.2 Å². The fourth-order valence-corrected chi connectivity index (χ4v) is 3.32. The van der Waals surface area contributed by atoms with Crippen molar-refractivity contribution in [3.05, 3.63) is 65.2 Å². The largest absolute Gasteiger partial charge is 0.493 e. The summed E-state index contributed by atoms with van der Waals surface area (Å²) in [5.41, 5.74) is 2.15. The highest BCUT2D eigenvalue weighted by Gasteiger charge is 2.34. The number of rotatable bonds is 8. The fourth-order valence-electron chi connectivity index (χ4n) is 3.32. The first kappa shape index (κ1) is 22.2. The Morgan fingerprint density at radius 3 is 2.48 bits per heavy atom. The molecule has 0 aromatic heterocycles. The van der Waals surface area contributed by atoms with Gasteiger partial charge in [-0.25, -0.2) is 9.59 Å². The van der Waals surface area contributed by atoms with E-state index in [4.69, 9.17) is 14.2 Å². The number of methoxy groups -OCH3 is 1. The summed E-state index contributed by atoms with van der Waals surface area (Å²) in [5, 5.41) is 5.61. The lowest BCUT2D eigenvalue weighted by molar-refractivity contribution is -0.138. The smallest absolute Gasteiger partial charge is 0.338 e. The van der Waals surface area contributed by atoms with E-state index in [1.165, 1.54) is 0 Å². The van der Waals surface area contributed by atoms with Gasteiger partial charge < -0.3 is 24.8 Å². The number of benzene rings is 2. The topological polar surface area (TPSA) is 85.9 Å². The van der Waals surface area contributed by atoms with E-state index >= 15 is 0 Å². The van der Waals surface area contributed by atoms with Gasteiger partial charge in [0.15, 0.2) is 11.5 Å². The van der Waals surface area contributed by atoms with E-state index in [2.05, 4.69) is 24.5 Å². The van der Waals surface area contributed by atoms with Crippen LogP contribution in [0.2, 0.25) is 0 Å². The van der Waals surface area contributed by atoms with Crippen molar-refractivity contribution in [3.63, 3.8) is 0 Å². The molecule has 1 heterocycles. The van der Waals surface area contributed by atoms with Crippen LogP contribution in [0.5, 0.6) is 11.5 Å². The molecular weight excluding hydrogens is 396 g/mol. The van der Waals surface area contributed by atoms with Crippen LogP contribution in [0.3, 0.4) is 0 Å². The first-order valence-electron chi connectivity index (χ1n) is 10.3. The molecule has 2 aromatic rings. The highest BCUT2D eigenvalue weighted by Crippen LogP contribution is 2.36. The van der Waals surface area contributed by atoms with Crippen LogP contribution in [0, 0.1) is 5.92 Å². The molecule has 0 spiro atoms. The Morgan fingerprint density at radius 1 is 1.10 bits per heavy atom. The van der Waals surface area contributed by atoms with Crippen molar-refractivity contribution in [1.29, 1.82) is 0 Å². The van der Waals surface area contributed by atoms with Gasteiger partial charge in [-0.15, -0.1) is 0 Å². The molecule has 0 saturated heterocycles. The molecule has 7 nitrogen and oxygen atoms in total. The van der Waals surface area contributed by atoms with Crippen LogP contribution >= 0.6 is 0 Å². The molecule has 164 valence electrons. The molecule has 0 radical (unpaired) electrons. The lowest BCUT2D eigenvalue weighted by Gasteiger charge is -2.30. The van der Waals surface area contributed by atoms with Gasteiger partial charge >= 0.3 is 12.0 Å². The average Bonchev–Trinajstić information content (AvgIpc) is 2.77. The van der Waals surface area contributed by atoms with Gasteiger partial charge in [-0.05, 0) is 36.1 Å². The second kappa shape index (κ2) is 10.0. The summed E-state index contributed by atoms with van der Waals surface area (Å²) in [4.78, 5) is 25.4. The average molecular weight is 424 g/mol. The molecule has 0 bridgehead atoms. The zero-order valence-electron chi connectivity index (χ0n) is 18.2. The molecule has 2 aromatic carbocycles. The van der Waals surface area contributed by atoms with E-state index in [9.17, 15) is 9.59 Å². The van der Waals surface area contributed by atoms with Gasteiger partial charge in [0.1, 0.15) is 0 Å². The van der Waals surface area contributed by atoms with E-state index in [0.717, 1.165) is 0 Å². The lowest BCUT2D eigenvalue weighted by Crippen LogP contribution is -2.45. The van der Waals surface area contributed by atoms with Crippen molar-refractivity contribution in [2.24, 2.45) is 5.92 Å². The van der Waals surface area contributed by atoms with Gasteiger partial charge in [0.2, 0.25) is 0 Å². The molecule has 3 rings (SSSR count). The van der Waals surface area contributed by atoms with Crippen LogP contribution in [0.15, 0.2) is 54.1 Å². The normalized spacial score (nSPS) is 15.9. The summed E-state index contributed by atoms with van der Waals surface area (Å²) in [6.07, 6.45) is 0. The van der Waals surface area contributed by atoms with Gasteiger partial charge in [0.05, 0.1) is 37.6 Å². The third kappa shape index (κ3) is 5.17. The van der Waals surface area contributed by atoms with Crippen LogP contribution in [0.25, 0.3) is 5.70 Å². The van der Waals surface area contributed by atoms with Gasteiger partial charge in [-0.3, -0.25) is 0 Å². The summed E-state index contributed by atoms with van der Waals surface area (Å²) in [5.74, 6) is 0.985. The lowest BCUT2D eigenvalue weighted by atomic mass is 9.92. The number of nitrogens with one attached hydrogen (secondary N) is 2. The zero-order chi connectivity index (χ0) is 22.4. The highest BCUT2D eigenvalue weighted by atomic mass is 16.5. The number of urea groups is 1. The van der Waals surface area contributed by atoms with Crippen molar-refractivity contribution < 1.29 is 23.8 Å². The van der Waals surface area contributed by atoms with E-state index in [1.807, 2.05) is 36.4 Å². The monoisotopic (exact) mass is 424 g/mol. The Hall–Kier alpha value is -3.48. The molecule has 2 N–H and O–H groups in total. The third-order valence-corrected chi connectivity index (χ3v) is 4.72. The van der Waals surface area contributed by atoms with Crippen molar-refractivity contribution in [3.8, 4) is 11.5 Å².